The molecular formula is C25H34ClN5O2. The van der Waals surface area contributed by atoms with E-state index in [0.29, 0.717) is 28.7 Å². The number of para-hydroxylation sites is 1. The molecule has 1 unspecified atom stereocenters. The van der Waals surface area contributed by atoms with Crippen LogP contribution in [0.1, 0.15) is 49.9 Å². The van der Waals surface area contributed by atoms with E-state index < -0.39 is 0 Å². The molecule has 1 N–H and O–H groups in total. The molecule has 1 atom stereocenters. The number of halogens is 1. The van der Waals surface area contributed by atoms with Gasteiger partial charge >= 0.3 is 6.03 Å². The molecule has 2 aliphatic rings. The number of urea groups is 1. The van der Waals surface area contributed by atoms with Crippen LogP contribution in [0.4, 0.5) is 22.0 Å². The summed E-state index contributed by atoms with van der Waals surface area (Å²) in [5.41, 5.74) is 1.61. The van der Waals surface area contributed by atoms with Gasteiger partial charge in [-0.2, -0.15) is 0 Å². The standard InChI is InChI=1S/C25H33N5O2.ClH/c1-3-28(4-2)16-8-10-19-11-9-17-29(18-19)25(32)30-22-14-6-5-12-20(22)24(31)27-21-13-7-15-26-23(21)30;/h5-7,12-15,19H,3-4,8-11,16-18H2,1-2H3,(H,27,31);1H. The van der Waals surface area contributed by atoms with E-state index >= 15 is 0 Å². The van der Waals surface area contributed by atoms with E-state index in [9.17, 15) is 9.59 Å². The lowest BCUT2D eigenvalue weighted by molar-refractivity contribution is 0.102. The van der Waals surface area contributed by atoms with Gasteiger partial charge in [-0.3, -0.25) is 4.79 Å². The Kier molecular flexibility index (Phi) is 8.69. The van der Waals surface area contributed by atoms with Gasteiger partial charge < -0.3 is 15.1 Å². The number of nitrogens with zero attached hydrogens (tertiary/aromatic N) is 4. The summed E-state index contributed by atoms with van der Waals surface area (Å²) in [5, 5.41) is 2.91. The van der Waals surface area contributed by atoms with Crippen LogP contribution in [0, 0.1) is 5.92 Å². The van der Waals surface area contributed by atoms with E-state index in [2.05, 4.69) is 29.0 Å². The molecular weight excluding hydrogens is 438 g/mol. The highest BCUT2D eigenvalue weighted by atomic mass is 35.5. The summed E-state index contributed by atoms with van der Waals surface area (Å²) in [5.74, 6) is 0.756. The van der Waals surface area contributed by atoms with Crippen molar-refractivity contribution in [1.82, 2.24) is 14.8 Å². The van der Waals surface area contributed by atoms with Gasteiger partial charge in [-0.05, 0) is 75.5 Å². The van der Waals surface area contributed by atoms with Crippen LogP contribution in [0.15, 0.2) is 42.6 Å². The van der Waals surface area contributed by atoms with Crippen molar-refractivity contribution in [3.63, 3.8) is 0 Å². The van der Waals surface area contributed by atoms with Crippen molar-refractivity contribution in [3.05, 3.63) is 48.2 Å². The Balaban J connectivity index is 0.00000306. The third-order valence-electron chi connectivity index (χ3n) is 6.60. The normalized spacial score (nSPS) is 17.5. The van der Waals surface area contributed by atoms with E-state index in [1.165, 1.54) is 0 Å². The first-order chi connectivity index (χ1) is 15.6. The number of likely N-dealkylation sites (tertiary alicyclic amines) is 1. The summed E-state index contributed by atoms with van der Waals surface area (Å²) < 4.78 is 0. The lowest BCUT2D eigenvalue weighted by Crippen LogP contribution is -2.46. The minimum Gasteiger partial charge on any atom is -0.324 e. The molecule has 0 spiro atoms. The summed E-state index contributed by atoms with van der Waals surface area (Å²) in [6, 6.07) is 10.7. The molecule has 7 nitrogen and oxygen atoms in total. The SMILES string of the molecule is CCN(CC)CCCC1CCCN(C(=O)N2c3ccccc3C(=O)Nc3cccnc32)C1.Cl. The molecule has 0 radical (unpaired) electrons. The van der Waals surface area contributed by atoms with Crippen LogP contribution in [0.3, 0.4) is 0 Å². The van der Waals surface area contributed by atoms with Crippen LogP contribution in [0.25, 0.3) is 0 Å². The van der Waals surface area contributed by atoms with Crippen molar-refractivity contribution in [2.45, 2.75) is 39.5 Å². The van der Waals surface area contributed by atoms with Crippen molar-refractivity contribution >= 4 is 41.5 Å². The molecule has 2 aromatic rings. The van der Waals surface area contributed by atoms with Gasteiger partial charge in [-0.1, -0.05) is 26.0 Å². The number of rotatable bonds is 6. The number of fused-ring (bicyclic) bond motifs is 2. The number of hydrogen-bond acceptors (Lipinski definition) is 4. The van der Waals surface area contributed by atoms with Crippen molar-refractivity contribution in [1.29, 1.82) is 0 Å². The average Bonchev–Trinajstić information content (AvgIpc) is 2.95. The van der Waals surface area contributed by atoms with Gasteiger partial charge in [0.15, 0.2) is 5.82 Å². The second-order valence-electron chi connectivity index (χ2n) is 8.59. The number of nitrogens with one attached hydrogen (secondary N) is 1. The lowest BCUT2D eigenvalue weighted by Gasteiger charge is -2.36. The predicted octanol–water partition coefficient (Wildman–Crippen LogP) is 5.16. The number of amides is 3. The van der Waals surface area contributed by atoms with E-state index in [1.54, 1.807) is 29.3 Å². The Bertz CT molecular complexity index is 965. The Hall–Kier alpha value is -2.64. The maximum atomic E-state index is 13.8. The highest BCUT2D eigenvalue weighted by Gasteiger charge is 2.34. The number of anilines is 3. The topological polar surface area (TPSA) is 68.8 Å². The zero-order valence-electron chi connectivity index (χ0n) is 19.5. The second-order valence-corrected chi connectivity index (χ2v) is 8.59. The first-order valence-electron chi connectivity index (χ1n) is 11.8. The van der Waals surface area contributed by atoms with Gasteiger partial charge in [-0.15, -0.1) is 12.4 Å². The Labute approximate surface area is 202 Å². The maximum absolute atomic E-state index is 13.8. The highest BCUT2D eigenvalue weighted by Crippen LogP contribution is 2.37. The number of hydrogen-bond donors (Lipinski definition) is 1. The Morgan fingerprint density at radius 2 is 1.97 bits per heavy atom. The lowest BCUT2D eigenvalue weighted by atomic mass is 9.93. The predicted molar refractivity (Wildman–Crippen MR) is 135 cm³/mol. The third-order valence-corrected chi connectivity index (χ3v) is 6.60. The number of aromatic nitrogens is 1. The molecule has 0 aliphatic carbocycles. The van der Waals surface area contributed by atoms with Gasteiger partial charge in [0.25, 0.3) is 5.91 Å². The molecule has 4 rings (SSSR count). The molecule has 0 bridgehead atoms. The summed E-state index contributed by atoms with van der Waals surface area (Å²) in [7, 11) is 0. The molecule has 8 heteroatoms. The highest BCUT2D eigenvalue weighted by molar-refractivity contribution is 6.16. The van der Waals surface area contributed by atoms with Crippen LogP contribution >= 0.6 is 12.4 Å². The van der Waals surface area contributed by atoms with Gasteiger partial charge in [0.1, 0.15) is 0 Å². The Morgan fingerprint density at radius 3 is 2.76 bits per heavy atom. The van der Waals surface area contributed by atoms with Crippen molar-refractivity contribution in [3.8, 4) is 0 Å². The second kappa shape index (κ2) is 11.5. The number of carbonyl (C=O) groups is 2. The van der Waals surface area contributed by atoms with Gasteiger partial charge in [-0.25, -0.2) is 14.7 Å². The summed E-state index contributed by atoms with van der Waals surface area (Å²) in [6.45, 7) is 9.16. The molecule has 1 saturated heterocycles. The summed E-state index contributed by atoms with van der Waals surface area (Å²) in [6.07, 6.45) is 6.11. The molecule has 178 valence electrons. The largest absolute Gasteiger partial charge is 0.330 e. The van der Waals surface area contributed by atoms with Crippen LogP contribution in [-0.4, -0.2) is 59.4 Å². The molecule has 0 saturated carbocycles. The fourth-order valence-corrected chi connectivity index (χ4v) is 4.79. The van der Waals surface area contributed by atoms with Gasteiger partial charge in [0.2, 0.25) is 0 Å². The molecule has 3 amide bonds. The number of pyridine rings is 1. The van der Waals surface area contributed by atoms with Crippen LogP contribution in [0.2, 0.25) is 0 Å². The van der Waals surface area contributed by atoms with E-state index in [4.69, 9.17) is 0 Å². The van der Waals surface area contributed by atoms with E-state index in [0.717, 1.165) is 58.4 Å². The quantitative estimate of drug-likeness (QED) is 0.631. The summed E-state index contributed by atoms with van der Waals surface area (Å²) >= 11 is 0. The van der Waals surface area contributed by atoms with Gasteiger partial charge in [0, 0.05) is 19.3 Å². The minimum absolute atomic E-state index is 0. The fraction of sp³-hybridized carbons (Fsp3) is 0.480. The zero-order valence-corrected chi connectivity index (χ0v) is 20.3. The van der Waals surface area contributed by atoms with E-state index in [1.807, 2.05) is 23.1 Å². The fourth-order valence-electron chi connectivity index (χ4n) is 4.79. The van der Waals surface area contributed by atoms with Crippen molar-refractivity contribution < 1.29 is 9.59 Å². The number of piperidine rings is 1. The summed E-state index contributed by atoms with van der Waals surface area (Å²) in [4.78, 5) is 37.1. The first-order valence-corrected chi connectivity index (χ1v) is 11.8. The average molecular weight is 472 g/mol. The van der Waals surface area contributed by atoms with Gasteiger partial charge in [0.05, 0.1) is 16.9 Å². The van der Waals surface area contributed by atoms with Crippen molar-refractivity contribution in [2.75, 3.05) is 42.9 Å². The minimum atomic E-state index is -0.224. The van der Waals surface area contributed by atoms with Crippen LogP contribution in [0.5, 0.6) is 0 Å². The monoisotopic (exact) mass is 471 g/mol. The van der Waals surface area contributed by atoms with Crippen LogP contribution < -0.4 is 10.2 Å². The van der Waals surface area contributed by atoms with E-state index in [-0.39, 0.29) is 24.3 Å². The maximum Gasteiger partial charge on any atom is 0.330 e. The van der Waals surface area contributed by atoms with Crippen LogP contribution in [-0.2, 0) is 0 Å². The number of benzene rings is 1. The number of carbonyl (C=O) groups excluding carboxylic acids is 2. The van der Waals surface area contributed by atoms with Crippen molar-refractivity contribution in [2.24, 2.45) is 5.92 Å². The molecule has 33 heavy (non-hydrogen) atoms. The first kappa shape index (κ1) is 25.0. The zero-order chi connectivity index (χ0) is 22.5. The molecule has 3 heterocycles. The molecule has 2 aliphatic heterocycles. The smallest absolute Gasteiger partial charge is 0.324 e. The molecule has 1 aromatic heterocycles. The third kappa shape index (κ3) is 5.47. The molecule has 1 fully saturated rings. The molecule has 1 aromatic carbocycles. The Morgan fingerprint density at radius 1 is 1.18 bits per heavy atom.